The molecule has 1 heterocycles. The van der Waals surface area contributed by atoms with Gasteiger partial charge in [0.15, 0.2) is 11.5 Å². The molecule has 4 nitrogen and oxygen atoms in total. The Morgan fingerprint density at radius 3 is 2.80 bits per heavy atom. The molecule has 0 radical (unpaired) electrons. The molecule has 1 aromatic rings. The zero-order valence-corrected chi connectivity index (χ0v) is 12.9. The molecule has 0 aromatic heterocycles. The number of thioether (sulfide) groups is 1. The second kappa shape index (κ2) is 7.76. The molecule has 1 saturated heterocycles. The van der Waals surface area contributed by atoms with Crippen LogP contribution in [0.1, 0.15) is 24.5 Å². The summed E-state index contributed by atoms with van der Waals surface area (Å²) in [7, 11) is 3.43. The quantitative estimate of drug-likeness (QED) is 0.843. The summed E-state index contributed by atoms with van der Waals surface area (Å²) in [5.74, 6) is 3.68. The minimum Gasteiger partial charge on any atom is -0.492 e. The van der Waals surface area contributed by atoms with Gasteiger partial charge in [-0.25, -0.2) is 0 Å². The highest BCUT2D eigenvalue weighted by molar-refractivity contribution is 7.99. The number of aliphatic hydroxyl groups is 1. The van der Waals surface area contributed by atoms with Crippen LogP contribution in [0.2, 0.25) is 0 Å². The summed E-state index contributed by atoms with van der Waals surface area (Å²) in [6.45, 7) is 0.486. The molecule has 2 N–H and O–H groups in total. The summed E-state index contributed by atoms with van der Waals surface area (Å²) in [4.78, 5) is 0. The van der Waals surface area contributed by atoms with Crippen LogP contribution in [-0.4, -0.2) is 43.4 Å². The summed E-state index contributed by atoms with van der Waals surface area (Å²) in [6.07, 6.45) is 1.79. The van der Waals surface area contributed by atoms with Crippen molar-refractivity contribution in [2.45, 2.75) is 25.0 Å². The Morgan fingerprint density at radius 2 is 2.15 bits per heavy atom. The molecule has 1 atom stereocenters. The summed E-state index contributed by atoms with van der Waals surface area (Å²) in [5.41, 5.74) is 0.768. The van der Waals surface area contributed by atoms with Crippen molar-refractivity contribution in [3.8, 4) is 11.5 Å². The lowest BCUT2D eigenvalue weighted by atomic mass is 10.1. The maximum absolute atomic E-state index is 10.2. The number of hydrogen-bond acceptors (Lipinski definition) is 5. The number of methoxy groups -OCH3 is 1. The Morgan fingerprint density at radius 1 is 1.40 bits per heavy atom. The second-order valence-corrected chi connectivity index (χ2v) is 6.11. The van der Waals surface area contributed by atoms with Gasteiger partial charge in [-0.1, -0.05) is 12.1 Å². The van der Waals surface area contributed by atoms with E-state index in [-0.39, 0.29) is 6.10 Å². The standard InChI is InChI=1S/C15H23NO3S/c1-16-10-13(17)12-4-3-5-14(15(12)18-2)19-11-6-8-20-9-7-11/h3-5,11,13,16-17H,6-10H2,1-2H3. The van der Waals surface area contributed by atoms with E-state index in [2.05, 4.69) is 5.32 Å². The highest BCUT2D eigenvalue weighted by Gasteiger charge is 2.20. The third kappa shape index (κ3) is 3.81. The number of hydrogen-bond donors (Lipinski definition) is 2. The van der Waals surface area contributed by atoms with Crippen molar-refractivity contribution in [1.29, 1.82) is 0 Å². The van der Waals surface area contributed by atoms with Gasteiger partial charge in [-0.15, -0.1) is 0 Å². The fourth-order valence-corrected chi connectivity index (χ4v) is 3.45. The van der Waals surface area contributed by atoms with Crippen molar-refractivity contribution in [1.82, 2.24) is 5.32 Å². The number of nitrogens with one attached hydrogen (secondary N) is 1. The number of aliphatic hydroxyl groups excluding tert-OH is 1. The molecule has 2 rings (SSSR count). The Labute approximate surface area is 124 Å². The third-order valence-electron chi connectivity index (χ3n) is 3.43. The lowest BCUT2D eigenvalue weighted by molar-refractivity contribution is 0.164. The Hall–Kier alpha value is -0.910. The van der Waals surface area contributed by atoms with E-state index < -0.39 is 6.10 Å². The van der Waals surface area contributed by atoms with E-state index in [1.807, 2.05) is 37.0 Å². The summed E-state index contributed by atoms with van der Waals surface area (Å²) in [5, 5.41) is 13.1. The van der Waals surface area contributed by atoms with Gasteiger partial charge in [-0.3, -0.25) is 0 Å². The van der Waals surface area contributed by atoms with E-state index in [9.17, 15) is 5.11 Å². The SMILES string of the molecule is CNCC(O)c1cccc(OC2CCSCC2)c1OC. The highest BCUT2D eigenvalue weighted by atomic mass is 32.2. The van der Waals surface area contributed by atoms with Gasteiger partial charge < -0.3 is 19.9 Å². The Kier molecular flexibility index (Phi) is 6.01. The van der Waals surface area contributed by atoms with Gasteiger partial charge in [0.05, 0.1) is 13.2 Å². The fraction of sp³-hybridized carbons (Fsp3) is 0.600. The summed E-state index contributed by atoms with van der Waals surface area (Å²) < 4.78 is 11.5. The van der Waals surface area contributed by atoms with Gasteiger partial charge in [-0.05, 0) is 37.5 Å². The minimum atomic E-state index is -0.597. The molecule has 1 aliphatic heterocycles. The van der Waals surface area contributed by atoms with Crippen LogP contribution in [0.25, 0.3) is 0 Å². The van der Waals surface area contributed by atoms with Gasteiger partial charge in [0.2, 0.25) is 0 Å². The maximum Gasteiger partial charge on any atom is 0.166 e. The molecule has 20 heavy (non-hydrogen) atoms. The van der Waals surface area contributed by atoms with E-state index in [0.29, 0.717) is 12.3 Å². The molecule has 0 amide bonds. The van der Waals surface area contributed by atoms with Crippen LogP contribution in [0.15, 0.2) is 18.2 Å². The largest absolute Gasteiger partial charge is 0.492 e. The van der Waals surface area contributed by atoms with Crippen molar-refractivity contribution < 1.29 is 14.6 Å². The summed E-state index contributed by atoms with van der Waals surface area (Å²) >= 11 is 1.97. The van der Waals surface area contributed by atoms with Crippen molar-refractivity contribution in [2.75, 3.05) is 32.2 Å². The molecule has 0 bridgehead atoms. The molecule has 1 fully saturated rings. The molecular formula is C15H23NO3S. The average molecular weight is 297 g/mol. The number of benzene rings is 1. The van der Waals surface area contributed by atoms with Gasteiger partial charge in [-0.2, -0.15) is 11.8 Å². The zero-order valence-electron chi connectivity index (χ0n) is 12.1. The molecule has 1 unspecified atom stereocenters. The first-order valence-electron chi connectivity index (χ1n) is 7.00. The molecule has 1 aliphatic rings. The average Bonchev–Trinajstić information content (AvgIpc) is 2.48. The van der Waals surface area contributed by atoms with Crippen molar-refractivity contribution in [3.63, 3.8) is 0 Å². The van der Waals surface area contributed by atoms with Crippen molar-refractivity contribution >= 4 is 11.8 Å². The topological polar surface area (TPSA) is 50.7 Å². The summed E-state index contributed by atoms with van der Waals surface area (Å²) in [6, 6.07) is 5.70. The predicted molar refractivity (Wildman–Crippen MR) is 82.9 cm³/mol. The number of para-hydroxylation sites is 1. The lowest BCUT2D eigenvalue weighted by Crippen LogP contribution is -2.23. The molecule has 112 valence electrons. The van der Waals surface area contributed by atoms with E-state index >= 15 is 0 Å². The molecule has 1 aromatic carbocycles. The second-order valence-electron chi connectivity index (χ2n) is 4.88. The first-order valence-corrected chi connectivity index (χ1v) is 8.15. The molecule has 0 aliphatic carbocycles. The monoisotopic (exact) mass is 297 g/mol. The number of ether oxygens (including phenoxy) is 2. The smallest absolute Gasteiger partial charge is 0.166 e. The first-order chi connectivity index (χ1) is 9.76. The maximum atomic E-state index is 10.2. The van der Waals surface area contributed by atoms with Crippen molar-refractivity contribution in [2.24, 2.45) is 0 Å². The van der Waals surface area contributed by atoms with Crippen LogP contribution in [-0.2, 0) is 0 Å². The third-order valence-corrected chi connectivity index (χ3v) is 4.48. The fourth-order valence-electron chi connectivity index (χ4n) is 2.38. The van der Waals surface area contributed by atoms with Crippen LogP contribution in [0.3, 0.4) is 0 Å². The molecular weight excluding hydrogens is 274 g/mol. The number of rotatable bonds is 6. The van der Waals surface area contributed by atoms with Crippen LogP contribution < -0.4 is 14.8 Å². The van der Waals surface area contributed by atoms with Gasteiger partial charge in [0.1, 0.15) is 6.10 Å². The lowest BCUT2D eigenvalue weighted by Gasteiger charge is -2.25. The Bertz CT molecular complexity index is 422. The minimum absolute atomic E-state index is 0.252. The first kappa shape index (κ1) is 15.5. The Balaban J connectivity index is 2.17. The molecule has 5 heteroatoms. The van der Waals surface area contributed by atoms with E-state index in [1.165, 1.54) is 0 Å². The van der Waals surface area contributed by atoms with Gasteiger partial charge in [0.25, 0.3) is 0 Å². The molecule has 0 spiro atoms. The predicted octanol–water partition coefficient (Wildman–Crippen LogP) is 2.22. The van der Waals surface area contributed by atoms with Crippen LogP contribution in [0.4, 0.5) is 0 Å². The normalized spacial score (nSPS) is 17.8. The highest BCUT2D eigenvalue weighted by Crippen LogP contribution is 2.36. The van der Waals surface area contributed by atoms with E-state index in [4.69, 9.17) is 9.47 Å². The van der Waals surface area contributed by atoms with Crippen molar-refractivity contribution in [3.05, 3.63) is 23.8 Å². The molecule has 0 saturated carbocycles. The van der Waals surface area contributed by atoms with Crippen LogP contribution in [0, 0.1) is 0 Å². The van der Waals surface area contributed by atoms with Crippen LogP contribution >= 0.6 is 11.8 Å². The van der Waals surface area contributed by atoms with Gasteiger partial charge in [0, 0.05) is 12.1 Å². The number of likely N-dealkylation sites (N-methyl/N-ethyl adjacent to an activating group) is 1. The zero-order chi connectivity index (χ0) is 14.4. The van der Waals surface area contributed by atoms with E-state index in [1.54, 1.807) is 7.11 Å². The van der Waals surface area contributed by atoms with Gasteiger partial charge >= 0.3 is 0 Å². The van der Waals surface area contributed by atoms with Crippen LogP contribution in [0.5, 0.6) is 11.5 Å². The van der Waals surface area contributed by atoms with E-state index in [0.717, 1.165) is 35.7 Å².